The van der Waals surface area contributed by atoms with Gasteiger partial charge in [-0.05, 0) is 6.92 Å². The van der Waals surface area contributed by atoms with Crippen molar-refractivity contribution < 1.29 is 19.4 Å². The molecule has 0 aliphatic carbocycles. The second kappa shape index (κ2) is 4.36. The number of esters is 1. The zero-order valence-corrected chi connectivity index (χ0v) is 7.93. The lowest BCUT2D eigenvalue weighted by atomic mass is 10.4. The number of carbonyl (C=O) groups is 2. The van der Waals surface area contributed by atoms with Crippen molar-refractivity contribution in [3.05, 3.63) is 17.6 Å². The Balaban J connectivity index is 3.09. The topological polar surface area (TPSA) is 115 Å². The lowest BCUT2D eigenvalue weighted by Gasteiger charge is -2.02. The molecule has 0 aliphatic heterocycles. The van der Waals surface area contributed by atoms with E-state index in [0.717, 1.165) is 6.07 Å². The van der Waals surface area contributed by atoms with Gasteiger partial charge in [0, 0.05) is 6.07 Å². The first-order chi connectivity index (χ1) is 7.04. The largest absolute Gasteiger partial charge is 0.477 e. The number of aromatic carboxylic acids is 1. The zero-order chi connectivity index (χ0) is 11.4. The average molecular weight is 211 g/mol. The molecule has 7 nitrogen and oxygen atoms in total. The normalized spacial score (nSPS) is 9.67. The molecule has 0 bridgehead atoms. The zero-order valence-electron chi connectivity index (χ0n) is 7.93. The van der Waals surface area contributed by atoms with Crippen molar-refractivity contribution in [2.45, 2.75) is 6.92 Å². The highest BCUT2D eigenvalue weighted by Crippen LogP contribution is 2.04. The highest BCUT2D eigenvalue weighted by Gasteiger charge is 2.15. The average Bonchev–Trinajstić information content (AvgIpc) is 2.17. The minimum Gasteiger partial charge on any atom is -0.477 e. The molecule has 0 atom stereocenters. The van der Waals surface area contributed by atoms with Crippen LogP contribution in [0.15, 0.2) is 6.07 Å². The summed E-state index contributed by atoms with van der Waals surface area (Å²) in [6.07, 6.45) is 0. The van der Waals surface area contributed by atoms with Gasteiger partial charge in [0.25, 0.3) is 0 Å². The van der Waals surface area contributed by atoms with Gasteiger partial charge in [-0.25, -0.2) is 19.6 Å². The molecule has 0 unspecified atom stereocenters. The molecule has 0 saturated carbocycles. The first kappa shape index (κ1) is 10.9. The van der Waals surface area contributed by atoms with E-state index in [4.69, 9.17) is 10.8 Å². The Kier molecular flexibility index (Phi) is 3.17. The number of aromatic nitrogens is 2. The minimum absolute atomic E-state index is 0.0922. The van der Waals surface area contributed by atoms with Gasteiger partial charge in [-0.2, -0.15) is 0 Å². The molecule has 1 rings (SSSR count). The summed E-state index contributed by atoms with van der Waals surface area (Å²) in [5, 5.41) is 8.65. The number of nitrogen functional groups attached to an aromatic ring is 1. The van der Waals surface area contributed by atoms with E-state index in [1.54, 1.807) is 6.92 Å². The van der Waals surface area contributed by atoms with Crippen LogP contribution in [0.3, 0.4) is 0 Å². The van der Waals surface area contributed by atoms with Crippen LogP contribution in [0.5, 0.6) is 0 Å². The van der Waals surface area contributed by atoms with Crippen molar-refractivity contribution in [2.75, 3.05) is 12.3 Å². The third kappa shape index (κ3) is 2.63. The van der Waals surface area contributed by atoms with Gasteiger partial charge in [0.2, 0.25) is 5.82 Å². The fraction of sp³-hybridized carbons (Fsp3) is 0.250. The number of hydrogen-bond donors (Lipinski definition) is 2. The highest BCUT2D eigenvalue weighted by molar-refractivity contribution is 5.90. The molecule has 15 heavy (non-hydrogen) atoms. The van der Waals surface area contributed by atoms with E-state index in [2.05, 4.69) is 14.7 Å². The van der Waals surface area contributed by atoms with Crippen LogP contribution in [0.4, 0.5) is 5.82 Å². The number of carboxylic acid groups (broad SMARTS) is 1. The standard InChI is InChI=1S/C8H9N3O4/c1-2-15-8(14)6-10-4(7(12)13)3-5(9)11-6/h3H,2H2,1H3,(H,12,13)(H2,9,10,11). The molecular weight excluding hydrogens is 202 g/mol. The maximum absolute atomic E-state index is 11.2. The predicted molar refractivity (Wildman–Crippen MR) is 49.4 cm³/mol. The smallest absolute Gasteiger partial charge is 0.376 e. The molecule has 3 N–H and O–H groups in total. The number of ether oxygens (including phenoxy) is 1. The first-order valence-electron chi connectivity index (χ1n) is 4.09. The van der Waals surface area contributed by atoms with Crippen LogP contribution >= 0.6 is 0 Å². The van der Waals surface area contributed by atoms with Crippen LogP contribution in [0.25, 0.3) is 0 Å². The highest BCUT2D eigenvalue weighted by atomic mass is 16.5. The lowest BCUT2D eigenvalue weighted by molar-refractivity contribution is 0.0511. The molecule has 1 aromatic rings. The van der Waals surface area contributed by atoms with E-state index in [1.807, 2.05) is 0 Å². The fourth-order valence-corrected chi connectivity index (χ4v) is 0.862. The van der Waals surface area contributed by atoms with Crippen LogP contribution in [-0.2, 0) is 4.74 Å². The molecule has 1 heterocycles. The molecular formula is C8H9N3O4. The summed E-state index contributed by atoms with van der Waals surface area (Å²) in [6, 6.07) is 1.06. The quantitative estimate of drug-likeness (QED) is 0.672. The van der Waals surface area contributed by atoms with E-state index < -0.39 is 11.9 Å². The Labute approximate surface area is 84.9 Å². The van der Waals surface area contributed by atoms with E-state index in [-0.39, 0.29) is 23.9 Å². The molecule has 0 aliphatic rings. The van der Waals surface area contributed by atoms with Crippen molar-refractivity contribution in [3.8, 4) is 0 Å². The van der Waals surface area contributed by atoms with Gasteiger partial charge in [0.15, 0.2) is 5.69 Å². The minimum atomic E-state index is -1.28. The monoisotopic (exact) mass is 211 g/mol. The van der Waals surface area contributed by atoms with Crippen molar-refractivity contribution >= 4 is 17.8 Å². The third-order valence-corrected chi connectivity index (χ3v) is 1.42. The second-order valence-corrected chi connectivity index (χ2v) is 2.53. The Bertz CT molecular complexity index is 405. The molecule has 0 radical (unpaired) electrons. The Hall–Kier alpha value is -2.18. The van der Waals surface area contributed by atoms with Crippen LogP contribution in [-0.4, -0.2) is 33.6 Å². The number of anilines is 1. The molecule has 80 valence electrons. The maximum atomic E-state index is 11.2. The fourth-order valence-electron chi connectivity index (χ4n) is 0.862. The van der Waals surface area contributed by atoms with Crippen molar-refractivity contribution in [1.82, 2.24) is 9.97 Å². The summed E-state index contributed by atoms with van der Waals surface area (Å²) in [6.45, 7) is 1.77. The summed E-state index contributed by atoms with van der Waals surface area (Å²) in [7, 11) is 0. The number of carboxylic acids is 1. The van der Waals surface area contributed by atoms with Crippen molar-refractivity contribution in [3.63, 3.8) is 0 Å². The molecule has 0 aromatic carbocycles. The summed E-state index contributed by atoms with van der Waals surface area (Å²) < 4.78 is 4.61. The van der Waals surface area contributed by atoms with Gasteiger partial charge in [-0.1, -0.05) is 0 Å². The van der Waals surface area contributed by atoms with Crippen LogP contribution in [0, 0.1) is 0 Å². The van der Waals surface area contributed by atoms with Crippen molar-refractivity contribution in [1.29, 1.82) is 0 Å². The summed E-state index contributed by atoms with van der Waals surface area (Å²) in [5.74, 6) is -2.53. The number of rotatable bonds is 3. The van der Waals surface area contributed by atoms with Gasteiger partial charge < -0.3 is 15.6 Å². The SMILES string of the molecule is CCOC(=O)c1nc(N)cc(C(=O)O)n1. The Morgan fingerprint density at radius 2 is 2.20 bits per heavy atom. The summed E-state index contributed by atoms with van der Waals surface area (Å²) in [5.41, 5.74) is 4.97. The van der Waals surface area contributed by atoms with Crippen molar-refractivity contribution in [2.24, 2.45) is 0 Å². The third-order valence-electron chi connectivity index (χ3n) is 1.42. The van der Waals surface area contributed by atoms with E-state index >= 15 is 0 Å². The number of carbonyl (C=O) groups excluding carboxylic acids is 1. The van der Waals surface area contributed by atoms with Gasteiger partial charge in [0.1, 0.15) is 5.82 Å². The predicted octanol–water partition coefficient (Wildman–Crippen LogP) is -0.0663. The molecule has 0 amide bonds. The van der Waals surface area contributed by atoms with Crippen LogP contribution in [0.1, 0.15) is 28.0 Å². The van der Waals surface area contributed by atoms with Gasteiger partial charge >= 0.3 is 11.9 Å². The Morgan fingerprint density at radius 1 is 1.53 bits per heavy atom. The lowest BCUT2D eigenvalue weighted by Crippen LogP contribution is -2.14. The second-order valence-electron chi connectivity index (χ2n) is 2.53. The number of hydrogen-bond acceptors (Lipinski definition) is 6. The molecule has 1 aromatic heterocycles. The molecule has 0 fully saturated rings. The van der Waals surface area contributed by atoms with E-state index in [0.29, 0.717) is 0 Å². The van der Waals surface area contributed by atoms with Crippen LogP contribution in [0.2, 0.25) is 0 Å². The summed E-state index contributed by atoms with van der Waals surface area (Å²) >= 11 is 0. The maximum Gasteiger partial charge on any atom is 0.376 e. The summed E-state index contributed by atoms with van der Waals surface area (Å²) in [4.78, 5) is 28.8. The number of nitrogens with zero attached hydrogens (tertiary/aromatic N) is 2. The first-order valence-corrected chi connectivity index (χ1v) is 4.09. The van der Waals surface area contributed by atoms with Crippen LogP contribution < -0.4 is 5.73 Å². The molecule has 7 heteroatoms. The molecule has 0 saturated heterocycles. The van der Waals surface area contributed by atoms with Gasteiger partial charge in [0.05, 0.1) is 6.61 Å². The van der Waals surface area contributed by atoms with Gasteiger partial charge in [-0.15, -0.1) is 0 Å². The van der Waals surface area contributed by atoms with E-state index in [9.17, 15) is 9.59 Å². The molecule has 0 spiro atoms. The number of nitrogens with two attached hydrogens (primary N) is 1. The Morgan fingerprint density at radius 3 is 2.73 bits per heavy atom. The van der Waals surface area contributed by atoms with E-state index in [1.165, 1.54) is 0 Å². The van der Waals surface area contributed by atoms with Gasteiger partial charge in [-0.3, -0.25) is 0 Å².